The molecule has 5 heteroatoms. The summed E-state index contributed by atoms with van der Waals surface area (Å²) in [5, 5.41) is 2.90. The molecule has 2 heterocycles. The Morgan fingerprint density at radius 3 is 2.54 bits per heavy atom. The van der Waals surface area contributed by atoms with E-state index in [1.54, 1.807) is 24.3 Å². The van der Waals surface area contributed by atoms with Crippen molar-refractivity contribution in [1.29, 1.82) is 0 Å². The summed E-state index contributed by atoms with van der Waals surface area (Å²) < 4.78 is 13.0. The van der Waals surface area contributed by atoms with E-state index in [-0.39, 0.29) is 5.91 Å². The third kappa shape index (κ3) is 2.84. The van der Waals surface area contributed by atoms with E-state index in [1.807, 2.05) is 47.3 Å². The predicted octanol–water partition coefficient (Wildman–Crippen LogP) is 3.50. The molecule has 0 aliphatic carbocycles. The number of nitrogens with zero attached hydrogens (tertiary/aromatic N) is 1. The molecule has 0 bridgehead atoms. The number of carbonyl (C=O) groups is 1. The molecule has 3 aromatic rings. The molecule has 120 valence electrons. The molecule has 0 radical (unpaired) electrons. The van der Waals surface area contributed by atoms with Gasteiger partial charge in [-0.2, -0.15) is 0 Å². The SMILES string of the molecule is O=C(Nc1ccc2c(c1)OCCO2)c1cccc(-n2cccc2)c1. The Kier molecular flexibility index (Phi) is 3.67. The highest BCUT2D eigenvalue weighted by atomic mass is 16.6. The molecule has 1 N–H and O–H groups in total. The van der Waals surface area contributed by atoms with Crippen LogP contribution in [-0.2, 0) is 0 Å². The molecule has 1 amide bonds. The maximum Gasteiger partial charge on any atom is 0.255 e. The molecule has 0 saturated carbocycles. The van der Waals surface area contributed by atoms with Crippen molar-refractivity contribution in [1.82, 2.24) is 4.57 Å². The maximum absolute atomic E-state index is 12.5. The van der Waals surface area contributed by atoms with Gasteiger partial charge in [0.25, 0.3) is 5.91 Å². The van der Waals surface area contributed by atoms with E-state index in [4.69, 9.17) is 9.47 Å². The van der Waals surface area contributed by atoms with Gasteiger partial charge in [0.1, 0.15) is 13.2 Å². The predicted molar refractivity (Wildman–Crippen MR) is 91.2 cm³/mol. The molecule has 5 nitrogen and oxygen atoms in total. The monoisotopic (exact) mass is 320 g/mol. The Bertz CT molecular complexity index is 872. The van der Waals surface area contributed by atoms with Crippen molar-refractivity contribution in [2.75, 3.05) is 18.5 Å². The Labute approximate surface area is 139 Å². The lowest BCUT2D eigenvalue weighted by Crippen LogP contribution is -2.16. The summed E-state index contributed by atoms with van der Waals surface area (Å²) in [5.41, 5.74) is 2.21. The van der Waals surface area contributed by atoms with Crippen molar-refractivity contribution in [3.63, 3.8) is 0 Å². The molecule has 2 aromatic carbocycles. The minimum Gasteiger partial charge on any atom is -0.486 e. The lowest BCUT2D eigenvalue weighted by molar-refractivity contribution is 0.102. The first-order valence-corrected chi connectivity index (χ1v) is 7.74. The van der Waals surface area contributed by atoms with Crippen LogP contribution < -0.4 is 14.8 Å². The average molecular weight is 320 g/mol. The second kappa shape index (κ2) is 6.12. The zero-order chi connectivity index (χ0) is 16.4. The van der Waals surface area contributed by atoms with Gasteiger partial charge in [0, 0.05) is 35.4 Å². The highest BCUT2D eigenvalue weighted by Crippen LogP contribution is 2.32. The first-order chi connectivity index (χ1) is 11.8. The standard InChI is InChI=1S/C19H16N2O3/c22-19(14-4-3-5-16(12-14)21-8-1-2-9-21)20-15-6-7-17-18(13-15)24-11-10-23-17/h1-9,12-13H,10-11H2,(H,20,22). The number of rotatable bonds is 3. The van der Waals surface area contributed by atoms with Crippen molar-refractivity contribution in [2.24, 2.45) is 0 Å². The molecule has 1 aliphatic heterocycles. The second-order valence-corrected chi connectivity index (χ2v) is 5.45. The van der Waals surface area contributed by atoms with E-state index in [9.17, 15) is 4.79 Å². The van der Waals surface area contributed by atoms with E-state index in [1.165, 1.54) is 0 Å². The largest absolute Gasteiger partial charge is 0.486 e. The quantitative estimate of drug-likeness (QED) is 0.803. The summed E-state index contributed by atoms with van der Waals surface area (Å²) in [6.45, 7) is 1.06. The zero-order valence-electron chi connectivity index (χ0n) is 12.9. The van der Waals surface area contributed by atoms with Crippen LogP contribution in [0.1, 0.15) is 10.4 Å². The second-order valence-electron chi connectivity index (χ2n) is 5.45. The van der Waals surface area contributed by atoms with Gasteiger partial charge in [-0.15, -0.1) is 0 Å². The summed E-state index contributed by atoms with van der Waals surface area (Å²) in [6.07, 6.45) is 3.88. The van der Waals surface area contributed by atoms with Gasteiger partial charge in [-0.05, 0) is 42.5 Å². The van der Waals surface area contributed by atoms with Gasteiger partial charge in [0.05, 0.1) is 0 Å². The summed E-state index contributed by atoms with van der Waals surface area (Å²) in [6, 6.07) is 16.8. The summed E-state index contributed by atoms with van der Waals surface area (Å²) in [4.78, 5) is 12.5. The van der Waals surface area contributed by atoms with Crippen molar-refractivity contribution in [2.45, 2.75) is 0 Å². The minimum atomic E-state index is -0.166. The summed E-state index contributed by atoms with van der Waals surface area (Å²) in [7, 11) is 0. The first-order valence-electron chi connectivity index (χ1n) is 7.74. The van der Waals surface area contributed by atoms with E-state index < -0.39 is 0 Å². The fourth-order valence-electron chi connectivity index (χ4n) is 2.64. The molecule has 0 saturated heterocycles. The van der Waals surface area contributed by atoms with Crippen LogP contribution in [0.5, 0.6) is 11.5 Å². The van der Waals surface area contributed by atoms with Gasteiger partial charge in [0.15, 0.2) is 11.5 Å². The van der Waals surface area contributed by atoms with E-state index >= 15 is 0 Å². The third-order valence-corrected chi connectivity index (χ3v) is 3.81. The Hall–Kier alpha value is -3.21. The number of hydrogen-bond donors (Lipinski definition) is 1. The fraction of sp³-hybridized carbons (Fsp3) is 0.105. The van der Waals surface area contributed by atoms with Crippen molar-refractivity contribution in [3.8, 4) is 17.2 Å². The van der Waals surface area contributed by atoms with Crippen LogP contribution >= 0.6 is 0 Å². The molecule has 1 aliphatic rings. The number of hydrogen-bond acceptors (Lipinski definition) is 3. The summed E-state index contributed by atoms with van der Waals surface area (Å²) in [5.74, 6) is 1.19. The highest BCUT2D eigenvalue weighted by Gasteiger charge is 2.13. The first kappa shape index (κ1) is 14.4. The van der Waals surface area contributed by atoms with Crippen LogP contribution in [-0.4, -0.2) is 23.7 Å². The number of benzene rings is 2. The normalized spacial score (nSPS) is 12.7. The minimum absolute atomic E-state index is 0.166. The van der Waals surface area contributed by atoms with Crippen LogP contribution in [0.4, 0.5) is 5.69 Å². The number of fused-ring (bicyclic) bond motifs is 1. The van der Waals surface area contributed by atoms with E-state index in [0.717, 1.165) is 5.69 Å². The van der Waals surface area contributed by atoms with Crippen molar-refractivity contribution >= 4 is 11.6 Å². The maximum atomic E-state index is 12.5. The zero-order valence-corrected chi connectivity index (χ0v) is 12.9. The molecular formula is C19H16N2O3. The van der Waals surface area contributed by atoms with Gasteiger partial charge in [0.2, 0.25) is 0 Å². The molecule has 4 rings (SSSR count). The van der Waals surface area contributed by atoms with Crippen molar-refractivity contribution < 1.29 is 14.3 Å². The van der Waals surface area contributed by atoms with Crippen LogP contribution in [0.3, 0.4) is 0 Å². The lowest BCUT2D eigenvalue weighted by Gasteiger charge is -2.19. The number of amides is 1. The van der Waals surface area contributed by atoms with Gasteiger partial charge in [-0.25, -0.2) is 0 Å². The Morgan fingerprint density at radius 2 is 1.71 bits per heavy atom. The van der Waals surface area contributed by atoms with Crippen LogP contribution in [0.2, 0.25) is 0 Å². The van der Waals surface area contributed by atoms with Gasteiger partial charge in [-0.1, -0.05) is 6.07 Å². The molecule has 0 spiro atoms. The fourth-order valence-corrected chi connectivity index (χ4v) is 2.64. The Morgan fingerprint density at radius 1 is 0.917 bits per heavy atom. The number of aromatic nitrogens is 1. The topological polar surface area (TPSA) is 52.5 Å². The third-order valence-electron chi connectivity index (χ3n) is 3.81. The van der Waals surface area contributed by atoms with E-state index in [2.05, 4.69) is 5.32 Å². The number of ether oxygens (including phenoxy) is 2. The number of nitrogens with one attached hydrogen (secondary N) is 1. The van der Waals surface area contributed by atoms with Gasteiger partial charge in [-0.3, -0.25) is 4.79 Å². The number of carbonyl (C=O) groups excluding carboxylic acids is 1. The average Bonchev–Trinajstić information content (AvgIpc) is 3.16. The van der Waals surface area contributed by atoms with Crippen LogP contribution in [0.15, 0.2) is 67.0 Å². The van der Waals surface area contributed by atoms with Crippen LogP contribution in [0, 0.1) is 0 Å². The molecule has 1 aromatic heterocycles. The van der Waals surface area contributed by atoms with E-state index in [0.29, 0.717) is 36.0 Å². The number of anilines is 1. The highest BCUT2D eigenvalue weighted by molar-refractivity contribution is 6.04. The van der Waals surface area contributed by atoms with Gasteiger partial charge >= 0.3 is 0 Å². The molecular weight excluding hydrogens is 304 g/mol. The van der Waals surface area contributed by atoms with Crippen molar-refractivity contribution in [3.05, 3.63) is 72.6 Å². The smallest absolute Gasteiger partial charge is 0.255 e. The van der Waals surface area contributed by atoms with Gasteiger partial charge < -0.3 is 19.4 Å². The van der Waals surface area contributed by atoms with Crippen LogP contribution in [0.25, 0.3) is 5.69 Å². The molecule has 24 heavy (non-hydrogen) atoms. The molecule has 0 fully saturated rings. The molecule has 0 unspecified atom stereocenters. The molecule has 0 atom stereocenters. The summed E-state index contributed by atoms with van der Waals surface area (Å²) >= 11 is 0. The Balaban J connectivity index is 1.55. The lowest BCUT2D eigenvalue weighted by atomic mass is 10.1.